The van der Waals surface area contributed by atoms with E-state index in [-0.39, 0.29) is 11.6 Å². The molecule has 0 spiro atoms. The van der Waals surface area contributed by atoms with Gasteiger partial charge in [0.25, 0.3) is 16.8 Å². The number of hydrogen-bond donors (Lipinski definition) is 2. The van der Waals surface area contributed by atoms with Crippen LogP contribution in [0.25, 0.3) is 17.0 Å². The van der Waals surface area contributed by atoms with Gasteiger partial charge >= 0.3 is 0 Å². The second kappa shape index (κ2) is 7.93. The molecule has 0 aromatic carbocycles. The molecular formula is C18H22F2N7O2S+. The van der Waals surface area contributed by atoms with Crippen molar-refractivity contribution in [1.29, 1.82) is 0 Å². The van der Waals surface area contributed by atoms with Crippen LogP contribution in [0.3, 0.4) is 0 Å². The van der Waals surface area contributed by atoms with Crippen molar-refractivity contribution in [2.75, 3.05) is 30.8 Å². The molecule has 0 radical (unpaired) electrons. The lowest BCUT2D eigenvalue weighted by Gasteiger charge is -2.17. The van der Waals surface area contributed by atoms with Crippen LogP contribution in [0.4, 0.5) is 14.6 Å². The highest BCUT2D eigenvalue weighted by molar-refractivity contribution is 7.95. The molecule has 160 valence electrons. The molecule has 0 aliphatic carbocycles. The molecular weight excluding hydrogens is 416 g/mol. The predicted molar refractivity (Wildman–Crippen MR) is 108 cm³/mol. The van der Waals surface area contributed by atoms with E-state index in [4.69, 9.17) is 0 Å². The number of nitrogens with zero attached hydrogens (tertiary/aromatic N) is 6. The van der Waals surface area contributed by atoms with Gasteiger partial charge < -0.3 is 4.90 Å². The zero-order valence-corrected chi connectivity index (χ0v) is 17.3. The SMILES string of the molecule is CC1CN(c2cc(-c3cnc4ccc(C(F)F)nn34)ncn2)CC1CN[S+](C)(=O)O. The van der Waals surface area contributed by atoms with Gasteiger partial charge in [0.15, 0.2) is 11.9 Å². The summed E-state index contributed by atoms with van der Waals surface area (Å²) in [5.74, 6) is 1.17. The molecule has 3 aromatic heterocycles. The van der Waals surface area contributed by atoms with Crippen molar-refractivity contribution in [1.82, 2.24) is 29.3 Å². The summed E-state index contributed by atoms with van der Waals surface area (Å²) in [6, 6.07) is 4.52. The van der Waals surface area contributed by atoms with Gasteiger partial charge in [0.2, 0.25) is 0 Å². The van der Waals surface area contributed by atoms with Crippen molar-refractivity contribution in [2.45, 2.75) is 13.3 Å². The fourth-order valence-electron chi connectivity index (χ4n) is 3.59. The minimum Gasteiger partial charge on any atom is -0.356 e. The van der Waals surface area contributed by atoms with Crippen molar-refractivity contribution in [3.63, 3.8) is 0 Å². The number of fused-ring (bicyclic) bond motifs is 1. The Morgan fingerprint density at radius 1 is 1.30 bits per heavy atom. The molecule has 9 nitrogen and oxygen atoms in total. The Hall–Kier alpha value is -2.57. The number of imidazole rings is 1. The summed E-state index contributed by atoms with van der Waals surface area (Å²) >= 11 is 0. The maximum atomic E-state index is 13.0. The van der Waals surface area contributed by atoms with E-state index in [0.717, 1.165) is 6.54 Å². The van der Waals surface area contributed by atoms with Gasteiger partial charge in [-0.1, -0.05) is 6.92 Å². The van der Waals surface area contributed by atoms with Crippen LogP contribution in [0.1, 0.15) is 19.0 Å². The minimum atomic E-state index is -3.00. The summed E-state index contributed by atoms with van der Waals surface area (Å²) in [5.41, 5.74) is 1.12. The standard InChI is InChI=1S/C18H21F2N7O2S/c1-11-8-26(9-12(11)6-24-30(2,28)29)17-5-14(22-10-23-17)15-7-21-16-4-3-13(18(19)20)25-27(15)16/h3-5,7,10-12,18H,6,8-9H2,1-2H3,(H-,24,28,29)/p+1. The quantitative estimate of drug-likeness (QED) is 0.569. The molecule has 3 atom stereocenters. The van der Waals surface area contributed by atoms with Crippen molar-refractivity contribution < 1.29 is 17.5 Å². The molecule has 4 rings (SSSR count). The molecule has 30 heavy (non-hydrogen) atoms. The Kier molecular flexibility index (Phi) is 5.47. The molecule has 12 heteroatoms. The number of aromatic nitrogens is 5. The number of anilines is 1. The van der Waals surface area contributed by atoms with Crippen LogP contribution in [-0.2, 0) is 14.6 Å². The molecule has 1 aliphatic heterocycles. The molecule has 1 aliphatic rings. The number of nitrogens with one attached hydrogen (secondary N) is 1. The Morgan fingerprint density at radius 3 is 2.83 bits per heavy atom. The maximum Gasteiger partial charge on any atom is 0.285 e. The average molecular weight is 438 g/mol. The van der Waals surface area contributed by atoms with E-state index < -0.39 is 16.8 Å². The summed E-state index contributed by atoms with van der Waals surface area (Å²) in [7, 11) is -3.00. The maximum absolute atomic E-state index is 13.0. The third-order valence-electron chi connectivity index (χ3n) is 5.23. The Balaban J connectivity index is 1.59. The predicted octanol–water partition coefficient (Wildman–Crippen LogP) is 2.30. The Labute approximate surface area is 172 Å². The zero-order chi connectivity index (χ0) is 21.5. The molecule has 0 amide bonds. The number of alkyl halides is 2. The molecule has 0 saturated carbocycles. The van der Waals surface area contributed by atoms with E-state index in [1.165, 1.54) is 29.2 Å². The average Bonchev–Trinajstić information content (AvgIpc) is 3.29. The van der Waals surface area contributed by atoms with Gasteiger partial charge in [0.1, 0.15) is 23.5 Å². The lowest BCUT2D eigenvalue weighted by Crippen LogP contribution is -2.35. The number of rotatable bonds is 6. The van der Waals surface area contributed by atoms with E-state index in [2.05, 4.69) is 36.6 Å². The molecule has 1 saturated heterocycles. The lowest BCUT2D eigenvalue weighted by atomic mass is 9.99. The summed E-state index contributed by atoms with van der Waals surface area (Å²) < 4.78 is 51.1. The van der Waals surface area contributed by atoms with E-state index in [1.54, 1.807) is 12.3 Å². The minimum absolute atomic E-state index is 0.183. The van der Waals surface area contributed by atoms with Crippen LogP contribution < -0.4 is 9.62 Å². The van der Waals surface area contributed by atoms with E-state index in [1.807, 2.05) is 0 Å². The first-order valence-corrected chi connectivity index (χ1v) is 11.3. The highest BCUT2D eigenvalue weighted by Crippen LogP contribution is 2.29. The second-order valence-corrected chi connectivity index (χ2v) is 9.42. The fraction of sp³-hybridized carbons (Fsp3) is 0.444. The first-order chi connectivity index (χ1) is 14.2. The third-order valence-corrected chi connectivity index (χ3v) is 5.93. The van der Waals surface area contributed by atoms with Gasteiger partial charge in [-0.3, -0.25) is 0 Å². The topological polar surface area (TPSA) is 109 Å². The van der Waals surface area contributed by atoms with E-state index in [0.29, 0.717) is 41.9 Å². The molecule has 1 fully saturated rings. The van der Waals surface area contributed by atoms with Gasteiger partial charge in [-0.05, 0) is 28.2 Å². The molecule has 3 aromatic rings. The number of halogens is 2. The normalized spacial score (nSPS) is 21.5. The third kappa shape index (κ3) is 4.30. The first-order valence-electron chi connectivity index (χ1n) is 9.37. The smallest absolute Gasteiger partial charge is 0.285 e. The van der Waals surface area contributed by atoms with Crippen LogP contribution in [-0.4, -0.2) is 55.0 Å². The largest absolute Gasteiger partial charge is 0.356 e. The van der Waals surface area contributed by atoms with Crippen LogP contribution in [0.5, 0.6) is 0 Å². The van der Waals surface area contributed by atoms with Crippen LogP contribution >= 0.6 is 0 Å². The van der Waals surface area contributed by atoms with Crippen molar-refractivity contribution in [3.05, 3.63) is 36.4 Å². The van der Waals surface area contributed by atoms with Crippen LogP contribution in [0.2, 0.25) is 0 Å². The molecule has 2 N–H and O–H groups in total. The second-order valence-electron chi connectivity index (χ2n) is 7.53. The van der Waals surface area contributed by atoms with Crippen LogP contribution in [0.15, 0.2) is 30.7 Å². The van der Waals surface area contributed by atoms with Crippen molar-refractivity contribution in [3.8, 4) is 11.4 Å². The summed E-state index contributed by atoms with van der Waals surface area (Å²) in [4.78, 5) is 14.9. The number of hydrogen-bond acceptors (Lipinski definition) is 6. The van der Waals surface area contributed by atoms with Gasteiger partial charge in [0, 0.05) is 25.7 Å². The first kappa shape index (κ1) is 20.7. The summed E-state index contributed by atoms with van der Waals surface area (Å²) in [6.45, 7) is 3.92. The van der Waals surface area contributed by atoms with Crippen molar-refractivity contribution >= 4 is 21.9 Å². The monoisotopic (exact) mass is 438 g/mol. The van der Waals surface area contributed by atoms with Gasteiger partial charge in [0.05, 0.1) is 11.9 Å². The highest BCUT2D eigenvalue weighted by atomic mass is 32.3. The molecule has 0 bridgehead atoms. The zero-order valence-electron chi connectivity index (χ0n) is 16.4. The van der Waals surface area contributed by atoms with E-state index >= 15 is 0 Å². The molecule has 4 heterocycles. The summed E-state index contributed by atoms with van der Waals surface area (Å²) in [6.07, 6.45) is 1.54. The Bertz CT molecular complexity index is 1100. The van der Waals surface area contributed by atoms with Gasteiger partial charge in [-0.2, -0.15) is 9.65 Å². The molecule has 3 unspecified atom stereocenters. The van der Waals surface area contributed by atoms with Crippen LogP contribution in [0, 0.1) is 11.8 Å². The lowest BCUT2D eigenvalue weighted by molar-refractivity contribution is 0.144. The Morgan fingerprint density at radius 2 is 2.10 bits per heavy atom. The summed E-state index contributed by atoms with van der Waals surface area (Å²) in [5, 5.41) is 3.98. The fourth-order valence-corrected chi connectivity index (χ4v) is 4.11. The van der Waals surface area contributed by atoms with E-state index in [9.17, 15) is 17.5 Å². The highest BCUT2D eigenvalue weighted by Gasteiger charge is 2.32. The van der Waals surface area contributed by atoms with Gasteiger partial charge in [-0.25, -0.2) is 28.2 Å². The van der Waals surface area contributed by atoms with Crippen molar-refractivity contribution in [2.24, 2.45) is 11.8 Å². The van der Waals surface area contributed by atoms with Gasteiger partial charge in [-0.15, -0.1) is 4.72 Å².